The fourth-order valence-corrected chi connectivity index (χ4v) is 3.93. The number of rotatable bonds is 7. The van der Waals surface area contributed by atoms with Crippen molar-refractivity contribution >= 4 is 11.7 Å². The Hall–Kier alpha value is -0.940. The van der Waals surface area contributed by atoms with E-state index < -0.39 is 0 Å². The first-order valence-corrected chi connectivity index (χ1v) is 12.0. The van der Waals surface area contributed by atoms with Gasteiger partial charge in [-0.1, -0.05) is 41.5 Å². The quantitative estimate of drug-likeness (QED) is 0.611. The molecule has 0 spiro atoms. The van der Waals surface area contributed by atoms with E-state index in [0.29, 0.717) is 12.3 Å². The van der Waals surface area contributed by atoms with Gasteiger partial charge in [-0.05, 0) is 64.5 Å². The van der Waals surface area contributed by atoms with Gasteiger partial charge in [0.1, 0.15) is 12.4 Å². The molecule has 5 heteroatoms. The third kappa shape index (κ3) is 10.6. The van der Waals surface area contributed by atoms with Gasteiger partial charge in [-0.2, -0.15) is 0 Å². The number of nitrogens with zero attached hydrogens (tertiary/aromatic N) is 2. The van der Waals surface area contributed by atoms with Crippen LogP contribution in [-0.4, -0.2) is 66.9 Å². The minimum Gasteiger partial charge on any atom is -0.369 e. The lowest BCUT2D eigenvalue weighted by Crippen LogP contribution is -2.44. The van der Waals surface area contributed by atoms with Gasteiger partial charge in [-0.15, -0.1) is 0 Å². The van der Waals surface area contributed by atoms with Gasteiger partial charge in [0.25, 0.3) is 0 Å². The van der Waals surface area contributed by atoms with Crippen LogP contribution in [0.1, 0.15) is 81.1 Å². The van der Waals surface area contributed by atoms with Crippen molar-refractivity contribution in [1.82, 2.24) is 9.80 Å². The summed E-state index contributed by atoms with van der Waals surface area (Å²) in [5, 5.41) is 0. The van der Waals surface area contributed by atoms with Crippen LogP contribution in [0.3, 0.4) is 0 Å². The second-order valence-electron chi connectivity index (χ2n) is 8.31. The number of amides is 1. The Labute approximate surface area is 180 Å². The zero-order chi connectivity index (χ0) is 22.4. The van der Waals surface area contributed by atoms with E-state index in [-0.39, 0.29) is 24.5 Å². The molecule has 0 aromatic carbocycles. The first-order chi connectivity index (χ1) is 13.9. The fraction of sp³-hybridized carbons (Fsp3) is 0.917. The summed E-state index contributed by atoms with van der Waals surface area (Å²) in [5.41, 5.74) is 0. The molecule has 2 saturated heterocycles. The number of ketones is 1. The SMILES string of the molecule is CC.CC.CC(C)OCC(=O)N1CCC(C2CCN(CC(=O)C(C)C)CC2)CC1. The maximum atomic E-state index is 12.1. The summed E-state index contributed by atoms with van der Waals surface area (Å²) in [5.74, 6) is 2.12. The van der Waals surface area contributed by atoms with Crippen LogP contribution in [0, 0.1) is 17.8 Å². The van der Waals surface area contributed by atoms with Gasteiger partial charge in [0, 0.05) is 19.0 Å². The molecule has 0 N–H and O–H groups in total. The molecule has 1 amide bonds. The molecule has 2 aliphatic rings. The maximum Gasteiger partial charge on any atom is 0.248 e. The minimum atomic E-state index is 0.106. The molecule has 0 atom stereocenters. The monoisotopic (exact) mass is 412 g/mol. The van der Waals surface area contributed by atoms with Crippen LogP contribution in [0.5, 0.6) is 0 Å². The van der Waals surface area contributed by atoms with Gasteiger partial charge in [-0.25, -0.2) is 0 Å². The average Bonchev–Trinajstić information content (AvgIpc) is 2.75. The molecule has 29 heavy (non-hydrogen) atoms. The number of carbonyl (C=O) groups excluding carboxylic acids is 2. The Morgan fingerprint density at radius 1 is 0.828 bits per heavy atom. The predicted octanol–water partition coefficient (Wildman–Crippen LogP) is 4.64. The molecule has 0 saturated carbocycles. The smallest absolute Gasteiger partial charge is 0.248 e. The topological polar surface area (TPSA) is 49.9 Å². The predicted molar refractivity (Wildman–Crippen MR) is 122 cm³/mol. The number of piperidine rings is 2. The van der Waals surface area contributed by atoms with Crippen LogP contribution in [0.2, 0.25) is 0 Å². The highest BCUT2D eigenvalue weighted by Crippen LogP contribution is 2.32. The minimum absolute atomic E-state index is 0.106. The highest BCUT2D eigenvalue weighted by atomic mass is 16.5. The second-order valence-corrected chi connectivity index (χ2v) is 8.31. The second kappa shape index (κ2) is 15.8. The molecule has 5 nitrogen and oxygen atoms in total. The average molecular weight is 413 g/mol. The van der Waals surface area contributed by atoms with E-state index in [4.69, 9.17) is 4.74 Å². The van der Waals surface area contributed by atoms with Gasteiger partial charge in [0.15, 0.2) is 0 Å². The van der Waals surface area contributed by atoms with Crippen LogP contribution < -0.4 is 0 Å². The summed E-state index contributed by atoms with van der Waals surface area (Å²) in [7, 11) is 0. The van der Waals surface area contributed by atoms with Gasteiger partial charge >= 0.3 is 0 Å². The van der Waals surface area contributed by atoms with E-state index >= 15 is 0 Å². The zero-order valence-corrected chi connectivity index (χ0v) is 20.5. The molecule has 2 rings (SSSR count). The molecule has 0 aliphatic carbocycles. The summed E-state index contributed by atoms with van der Waals surface area (Å²) >= 11 is 0. The van der Waals surface area contributed by atoms with Crippen LogP contribution in [-0.2, 0) is 14.3 Å². The molecular weight excluding hydrogens is 364 g/mol. The summed E-state index contributed by atoms with van der Waals surface area (Å²) in [6.07, 6.45) is 4.72. The number of hydrogen-bond donors (Lipinski definition) is 0. The number of ether oxygens (including phenoxy) is 1. The number of Topliss-reactive ketones (excluding diaryl/α,β-unsaturated/α-hetero) is 1. The Balaban J connectivity index is 0.00000184. The first-order valence-electron chi connectivity index (χ1n) is 12.0. The normalized spacial score (nSPS) is 18.8. The summed E-state index contributed by atoms with van der Waals surface area (Å²) in [4.78, 5) is 28.3. The third-order valence-electron chi connectivity index (χ3n) is 5.75. The molecular formula is C24H48N2O3. The Morgan fingerprint density at radius 3 is 1.69 bits per heavy atom. The maximum absolute atomic E-state index is 12.1. The van der Waals surface area contributed by atoms with Crippen LogP contribution in [0.15, 0.2) is 0 Å². The fourth-order valence-electron chi connectivity index (χ4n) is 3.93. The van der Waals surface area contributed by atoms with E-state index in [0.717, 1.165) is 50.9 Å². The van der Waals surface area contributed by atoms with E-state index in [9.17, 15) is 9.59 Å². The summed E-state index contributed by atoms with van der Waals surface area (Å²) < 4.78 is 5.44. The molecule has 0 aromatic rings. The lowest BCUT2D eigenvalue weighted by atomic mass is 9.78. The van der Waals surface area contributed by atoms with Crippen molar-refractivity contribution in [1.29, 1.82) is 0 Å². The van der Waals surface area contributed by atoms with Crippen molar-refractivity contribution in [2.24, 2.45) is 17.8 Å². The van der Waals surface area contributed by atoms with E-state index in [1.54, 1.807) is 0 Å². The first kappa shape index (κ1) is 28.1. The standard InChI is InChI=1S/C20H36N2O3.2C2H6/c1-15(2)19(23)13-21-9-5-17(6-10-21)18-7-11-22(12-8-18)20(24)14-25-16(3)4;2*1-2/h15-18H,5-14H2,1-4H3;2*1-2H3. The molecule has 2 heterocycles. The zero-order valence-electron chi connectivity index (χ0n) is 20.5. The molecule has 2 aliphatic heterocycles. The van der Waals surface area contributed by atoms with Gasteiger partial charge in [0.2, 0.25) is 5.91 Å². The third-order valence-corrected chi connectivity index (χ3v) is 5.75. The van der Waals surface area contributed by atoms with Crippen molar-refractivity contribution in [2.75, 3.05) is 39.3 Å². The van der Waals surface area contributed by atoms with Crippen molar-refractivity contribution in [2.45, 2.75) is 87.2 Å². The van der Waals surface area contributed by atoms with Crippen molar-refractivity contribution < 1.29 is 14.3 Å². The summed E-state index contributed by atoms with van der Waals surface area (Å²) in [6.45, 7) is 20.6. The van der Waals surface area contributed by atoms with Gasteiger partial charge in [-0.3, -0.25) is 14.5 Å². The Morgan fingerprint density at radius 2 is 1.28 bits per heavy atom. The molecule has 0 unspecified atom stereocenters. The van der Waals surface area contributed by atoms with E-state index in [2.05, 4.69) is 4.90 Å². The summed E-state index contributed by atoms with van der Waals surface area (Å²) in [6, 6.07) is 0. The number of hydrogen-bond acceptors (Lipinski definition) is 4. The number of carbonyl (C=O) groups is 2. The van der Waals surface area contributed by atoms with Crippen LogP contribution >= 0.6 is 0 Å². The highest BCUT2D eigenvalue weighted by Gasteiger charge is 2.31. The molecule has 0 bridgehead atoms. The van der Waals surface area contributed by atoms with Crippen molar-refractivity contribution in [3.8, 4) is 0 Å². The largest absolute Gasteiger partial charge is 0.369 e. The lowest BCUT2D eigenvalue weighted by Gasteiger charge is -2.40. The molecule has 0 aromatic heterocycles. The Kier molecular flexibility index (Phi) is 15.3. The highest BCUT2D eigenvalue weighted by molar-refractivity contribution is 5.82. The van der Waals surface area contributed by atoms with Gasteiger partial charge < -0.3 is 9.64 Å². The van der Waals surface area contributed by atoms with E-state index in [1.165, 1.54) is 12.8 Å². The molecule has 2 fully saturated rings. The number of likely N-dealkylation sites (tertiary alicyclic amines) is 2. The molecule has 172 valence electrons. The molecule has 0 radical (unpaired) electrons. The van der Waals surface area contributed by atoms with E-state index in [1.807, 2.05) is 60.3 Å². The van der Waals surface area contributed by atoms with Crippen LogP contribution in [0.4, 0.5) is 0 Å². The van der Waals surface area contributed by atoms with Crippen molar-refractivity contribution in [3.05, 3.63) is 0 Å². The van der Waals surface area contributed by atoms with Crippen molar-refractivity contribution in [3.63, 3.8) is 0 Å². The van der Waals surface area contributed by atoms with Crippen LogP contribution in [0.25, 0.3) is 0 Å². The van der Waals surface area contributed by atoms with Gasteiger partial charge in [0.05, 0.1) is 12.6 Å². The Bertz CT molecular complexity index is 435. The lowest BCUT2D eigenvalue weighted by molar-refractivity contribution is -0.139.